The normalized spacial score (nSPS) is 30.9. The Hall–Kier alpha value is -2.80. The molecule has 310 valence electrons. The number of piperidine rings is 4. The molecule has 8 rings (SSSR count). The molecule has 0 aromatic heterocycles. The van der Waals surface area contributed by atoms with Crippen LogP contribution in [0.2, 0.25) is 0 Å². The van der Waals surface area contributed by atoms with Crippen LogP contribution in [0.1, 0.15) is 130 Å². The molecule has 0 unspecified atom stereocenters. The van der Waals surface area contributed by atoms with Gasteiger partial charge in [0.15, 0.2) is 0 Å². The molecule has 0 spiro atoms. The smallest absolute Gasteiger partial charge is 0.410 e. The van der Waals surface area contributed by atoms with Crippen molar-refractivity contribution in [1.29, 1.82) is 0 Å². The summed E-state index contributed by atoms with van der Waals surface area (Å²) in [7, 11) is 0. The van der Waals surface area contributed by atoms with Crippen LogP contribution in [0.3, 0.4) is 0 Å². The van der Waals surface area contributed by atoms with Crippen molar-refractivity contribution in [2.24, 2.45) is 5.92 Å². The van der Waals surface area contributed by atoms with Gasteiger partial charge in [-0.05, 0) is 90.9 Å². The van der Waals surface area contributed by atoms with Gasteiger partial charge in [-0.2, -0.15) is 0 Å². The molecule has 4 atom stereocenters. The van der Waals surface area contributed by atoms with E-state index in [4.69, 9.17) is 4.74 Å². The number of nitrogens with zero attached hydrogens (tertiary/aromatic N) is 6. The van der Waals surface area contributed by atoms with Crippen molar-refractivity contribution in [1.82, 2.24) is 40.0 Å². The van der Waals surface area contributed by atoms with Crippen LogP contribution in [0.5, 0.6) is 0 Å². The summed E-state index contributed by atoms with van der Waals surface area (Å²) in [5.41, 5.74) is 0. The number of hydrogen-bond acceptors (Lipinski definition) is 7. The van der Waals surface area contributed by atoms with Crippen molar-refractivity contribution in [3.63, 3.8) is 0 Å². The second-order valence-electron chi connectivity index (χ2n) is 18.5. The Morgan fingerprint density at radius 3 is 1.31 bits per heavy atom. The number of ether oxygens (including phenoxy) is 1. The van der Waals surface area contributed by atoms with Crippen LogP contribution in [0.25, 0.3) is 0 Å². The fourth-order valence-corrected chi connectivity index (χ4v) is 11.4. The number of amides is 6. The highest BCUT2D eigenvalue weighted by atomic mass is 16.6. The van der Waals surface area contributed by atoms with Crippen LogP contribution in [-0.2, 0) is 9.53 Å². The molecule has 0 bridgehead atoms. The van der Waals surface area contributed by atoms with Gasteiger partial charge in [-0.15, -0.1) is 0 Å². The molecule has 6 saturated heterocycles. The van der Waals surface area contributed by atoms with Crippen molar-refractivity contribution in [2.45, 2.75) is 185 Å². The van der Waals surface area contributed by atoms with E-state index in [1.54, 1.807) is 0 Å². The molecule has 6 amide bonds. The molecule has 6 heterocycles. The molecule has 0 aromatic carbocycles. The summed E-state index contributed by atoms with van der Waals surface area (Å²) in [4.78, 5) is 62.9. The van der Waals surface area contributed by atoms with Crippen molar-refractivity contribution in [3.05, 3.63) is 0 Å². The van der Waals surface area contributed by atoms with Crippen LogP contribution in [0.4, 0.5) is 14.4 Å². The zero-order valence-corrected chi connectivity index (χ0v) is 34.5. The molecule has 0 radical (unpaired) electrons. The Morgan fingerprint density at radius 1 is 0.527 bits per heavy atom. The summed E-state index contributed by atoms with van der Waals surface area (Å²) < 4.78 is 5.32. The van der Waals surface area contributed by atoms with Gasteiger partial charge in [-0.25, -0.2) is 14.4 Å². The van der Waals surface area contributed by atoms with Crippen molar-refractivity contribution in [3.8, 4) is 0 Å². The lowest BCUT2D eigenvalue weighted by Gasteiger charge is -2.44. The molecule has 8 fully saturated rings. The maximum atomic E-state index is 12.6. The second-order valence-corrected chi connectivity index (χ2v) is 18.5. The van der Waals surface area contributed by atoms with Crippen LogP contribution in [0, 0.1) is 5.92 Å². The Kier molecular flexibility index (Phi) is 13.4. The topological polar surface area (TPSA) is 121 Å². The van der Waals surface area contributed by atoms with Gasteiger partial charge >= 0.3 is 18.2 Å². The minimum atomic E-state index is -0.172. The SMILES string of the molecule is CC(C)C(=O)N1CCC(N2CCC(N3C(=O)N[C@H]4CCCC[C@@H]43)CC2)CC1.CC(C)OC(=O)N1CCC(N2CCC(N3C(=O)N[C@H]4CCCC[C@@H]43)CC2)CC1. The lowest BCUT2D eigenvalue weighted by molar-refractivity contribution is -0.136. The predicted molar refractivity (Wildman–Crippen MR) is 213 cm³/mol. The van der Waals surface area contributed by atoms with E-state index in [0.717, 1.165) is 123 Å². The monoisotopic (exact) mass is 769 g/mol. The number of hydrogen-bond donors (Lipinski definition) is 2. The highest BCUT2D eigenvalue weighted by Gasteiger charge is 2.46. The molecular formula is C42H72N8O5. The largest absolute Gasteiger partial charge is 0.447 e. The summed E-state index contributed by atoms with van der Waals surface area (Å²) in [6.45, 7) is 15.5. The highest BCUT2D eigenvalue weighted by molar-refractivity contribution is 5.79. The van der Waals surface area contributed by atoms with Gasteiger partial charge in [-0.1, -0.05) is 39.5 Å². The molecule has 8 aliphatic rings. The van der Waals surface area contributed by atoms with Crippen LogP contribution in [-0.4, -0.2) is 160 Å². The average Bonchev–Trinajstić information content (AvgIpc) is 3.72. The van der Waals surface area contributed by atoms with E-state index in [1.165, 1.54) is 32.1 Å². The maximum Gasteiger partial charge on any atom is 0.410 e. The fourth-order valence-electron chi connectivity index (χ4n) is 11.4. The molecule has 2 aliphatic carbocycles. The Balaban J connectivity index is 0.000000169. The minimum Gasteiger partial charge on any atom is -0.447 e. The van der Waals surface area contributed by atoms with E-state index in [-0.39, 0.29) is 30.2 Å². The van der Waals surface area contributed by atoms with E-state index >= 15 is 0 Å². The van der Waals surface area contributed by atoms with Gasteiger partial charge in [0, 0.05) is 82.4 Å². The molecule has 0 aromatic rings. The molecule has 13 nitrogen and oxygen atoms in total. The molecule has 13 heteroatoms. The standard InChI is InChI=1S/C21H36N4O3.C21H36N4O2/c1-15(2)28-21(27)24-13-7-16(8-14-24)23-11-9-17(10-12-23)25-19-6-4-3-5-18(19)22-20(25)26;1-15(2)20(26)24-13-7-16(8-14-24)23-11-9-17(10-12-23)25-19-6-4-3-5-18(19)22-21(25)27/h15-19H,3-14H2,1-2H3,(H,22,26);15-19H,3-14H2,1-2H3,(H,22,27)/t2*18-,19-/m00/s1. The van der Waals surface area contributed by atoms with Crippen LogP contribution >= 0.6 is 0 Å². The Labute approximate surface area is 330 Å². The third-order valence-corrected chi connectivity index (χ3v) is 14.4. The van der Waals surface area contributed by atoms with E-state index in [1.807, 2.05) is 37.5 Å². The first-order chi connectivity index (χ1) is 26.6. The Bertz CT molecular complexity index is 1320. The number of urea groups is 2. The van der Waals surface area contributed by atoms with E-state index < -0.39 is 0 Å². The zero-order chi connectivity index (χ0) is 38.6. The highest BCUT2D eigenvalue weighted by Crippen LogP contribution is 2.35. The molecule has 6 aliphatic heterocycles. The summed E-state index contributed by atoms with van der Waals surface area (Å²) in [6, 6.07) is 3.97. The van der Waals surface area contributed by atoms with Gasteiger partial charge in [-0.3, -0.25) is 4.79 Å². The summed E-state index contributed by atoms with van der Waals surface area (Å²) in [5.74, 6) is 0.404. The lowest BCUT2D eigenvalue weighted by atomic mass is 9.89. The number of fused-ring (bicyclic) bond motifs is 2. The van der Waals surface area contributed by atoms with E-state index in [9.17, 15) is 19.2 Å². The van der Waals surface area contributed by atoms with Crippen molar-refractivity contribution < 1.29 is 23.9 Å². The predicted octanol–water partition coefficient (Wildman–Crippen LogP) is 5.23. The molecule has 2 saturated carbocycles. The van der Waals surface area contributed by atoms with E-state index in [0.29, 0.717) is 54.2 Å². The third-order valence-electron chi connectivity index (χ3n) is 14.4. The quantitative estimate of drug-likeness (QED) is 0.380. The van der Waals surface area contributed by atoms with Gasteiger partial charge in [0.25, 0.3) is 0 Å². The number of rotatable bonds is 6. The molecule has 2 N–H and O–H groups in total. The van der Waals surface area contributed by atoms with Gasteiger partial charge < -0.3 is 44.8 Å². The first kappa shape index (κ1) is 40.4. The number of carbonyl (C=O) groups is 4. The van der Waals surface area contributed by atoms with E-state index in [2.05, 4.69) is 30.2 Å². The number of nitrogens with one attached hydrogen (secondary N) is 2. The van der Waals surface area contributed by atoms with Gasteiger partial charge in [0.1, 0.15) is 0 Å². The minimum absolute atomic E-state index is 0.0594. The zero-order valence-electron chi connectivity index (χ0n) is 34.5. The van der Waals surface area contributed by atoms with Crippen molar-refractivity contribution >= 4 is 24.1 Å². The lowest BCUT2D eigenvalue weighted by Crippen LogP contribution is -2.54. The van der Waals surface area contributed by atoms with Gasteiger partial charge in [0.05, 0.1) is 30.3 Å². The van der Waals surface area contributed by atoms with Gasteiger partial charge in [0.2, 0.25) is 5.91 Å². The summed E-state index contributed by atoms with van der Waals surface area (Å²) in [6.07, 6.45) is 18.0. The summed E-state index contributed by atoms with van der Waals surface area (Å²) in [5, 5.41) is 6.47. The molecule has 55 heavy (non-hydrogen) atoms. The van der Waals surface area contributed by atoms with Crippen LogP contribution in [0.15, 0.2) is 0 Å². The first-order valence-corrected chi connectivity index (χ1v) is 22.5. The maximum absolute atomic E-state index is 12.6. The number of carbonyl (C=O) groups excluding carboxylic acids is 4. The molecular weight excluding hydrogens is 697 g/mol. The Morgan fingerprint density at radius 2 is 0.909 bits per heavy atom. The van der Waals surface area contributed by atoms with Crippen LogP contribution < -0.4 is 10.6 Å². The summed E-state index contributed by atoms with van der Waals surface area (Å²) >= 11 is 0. The second kappa shape index (κ2) is 18.2. The van der Waals surface area contributed by atoms with Crippen molar-refractivity contribution in [2.75, 3.05) is 52.4 Å². The fraction of sp³-hybridized carbons (Fsp3) is 0.905. The third kappa shape index (κ3) is 9.34. The number of likely N-dealkylation sites (tertiary alicyclic amines) is 4. The first-order valence-electron chi connectivity index (χ1n) is 22.5. The average molecular weight is 769 g/mol.